The van der Waals surface area contributed by atoms with E-state index in [9.17, 15) is 9.90 Å². The summed E-state index contributed by atoms with van der Waals surface area (Å²) in [5.74, 6) is 0.584. The number of hydrogen-bond donors (Lipinski definition) is 1. The highest BCUT2D eigenvalue weighted by molar-refractivity contribution is 5.79. The highest BCUT2D eigenvalue weighted by Crippen LogP contribution is 2.29. The van der Waals surface area contributed by atoms with Gasteiger partial charge in [-0.1, -0.05) is 30.3 Å². The Kier molecular flexibility index (Phi) is 4.56. The predicted octanol–water partition coefficient (Wildman–Crippen LogP) is 1.49. The number of benzene rings is 1. The van der Waals surface area contributed by atoms with Crippen molar-refractivity contribution >= 4 is 5.91 Å². The van der Waals surface area contributed by atoms with Crippen molar-refractivity contribution in [2.75, 3.05) is 26.2 Å². The van der Waals surface area contributed by atoms with Crippen molar-refractivity contribution in [3.63, 3.8) is 0 Å². The molecule has 21 heavy (non-hydrogen) atoms. The quantitative estimate of drug-likeness (QED) is 0.862. The van der Waals surface area contributed by atoms with E-state index in [-0.39, 0.29) is 12.5 Å². The van der Waals surface area contributed by atoms with Crippen LogP contribution in [0.4, 0.5) is 0 Å². The van der Waals surface area contributed by atoms with Crippen LogP contribution < -0.4 is 0 Å². The highest BCUT2D eigenvalue weighted by Gasteiger charge is 2.34. The minimum Gasteiger partial charge on any atom is -0.396 e. The van der Waals surface area contributed by atoms with Gasteiger partial charge in [-0.15, -0.1) is 0 Å². The average molecular weight is 288 g/mol. The zero-order valence-corrected chi connectivity index (χ0v) is 12.4. The number of amides is 1. The van der Waals surface area contributed by atoms with Crippen molar-refractivity contribution in [1.82, 2.24) is 9.80 Å². The van der Waals surface area contributed by atoms with Gasteiger partial charge in [-0.2, -0.15) is 0 Å². The first kappa shape index (κ1) is 14.5. The number of nitrogens with zero attached hydrogens (tertiary/aromatic N) is 2. The van der Waals surface area contributed by atoms with Crippen LogP contribution in [0.1, 0.15) is 24.8 Å². The van der Waals surface area contributed by atoms with Crippen LogP contribution in [0, 0.1) is 5.92 Å². The first-order valence-corrected chi connectivity index (χ1v) is 7.93. The molecule has 2 aliphatic rings. The number of rotatable bonds is 6. The van der Waals surface area contributed by atoms with Gasteiger partial charge in [0, 0.05) is 25.7 Å². The molecule has 0 bridgehead atoms. The van der Waals surface area contributed by atoms with Crippen LogP contribution in [-0.4, -0.2) is 53.1 Å². The number of aliphatic hydroxyl groups excluding tert-OH is 1. The third kappa shape index (κ3) is 3.83. The van der Waals surface area contributed by atoms with E-state index in [4.69, 9.17) is 0 Å². The molecule has 114 valence electrons. The van der Waals surface area contributed by atoms with Crippen LogP contribution in [0.3, 0.4) is 0 Å². The monoisotopic (exact) mass is 288 g/mol. The summed E-state index contributed by atoms with van der Waals surface area (Å²) in [4.78, 5) is 16.8. The van der Waals surface area contributed by atoms with Crippen molar-refractivity contribution in [3.8, 4) is 0 Å². The van der Waals surface area contributed by atoms with Crippen LogP contribution in [0.5, 0.6) is 0 Å². The summed E-state index contributed by atoms with van der Waals surface area (Å²) < 4.78 is 0. The maximum absolute atomic E-state index is 12.6. The van der Waals surface area contributed by atoms with Crippen LogP contribution >= 0.6 is 0 Å². The van der Waals surface area contributed by atoms with Gasteiger partial charge in [-0.25, -0.2) is 0 Å². The van der Waals surface area contributed by atoms with Gasteiger partial charge in [0.25, 0.3) is 0 Å². The molecule has 0 aromatic heterocycles. The molecular formula is C17H24N2O2. The third-order valence-electron chi connectivity index (χ3n) is 4.49. The Morgan fingerprint density at radius 1 is 1.24 bits per heavy atom. The highest BCUT2D eigenvalue weighted by atomic mass is 16.3. The summed E-state index contributed by atoms with van der Waals surface area (Å²) in [6, 6.07) is 10.7. The maximum atomic E-state index is 12.6. The molecule has 1 heterocycles. The molecule has 1 amide bonds. The number of hydrogen-bond acceptors (Lipinski definition) is 3. The van der Waals surface area contributed by atoms with Crippen LogP contribution in [0.25, 0.3) is 0 Å². The second-order valence-corrected chi connectivity index (χ2v) is 6.31. The van der Waals surface area contributed by atoms with E-state index in [0.29, 0.717) is 18.5 Å². The summed E-state index contributed by atoms with van der Waals surface area (Å²) in [5.41, 5.74) is 1.20. The minimum atomic E-state index is 0.236. The molecule has 1 aliphatic heterocycles. The van der Waals surface area contributed by atoms with Crippen molar-refractivity contribution in [2.45, 2.75) is 31.8 Å². The van der Waals surface area contributed by atoms with E-state index in [0.717, 1.165) is 38.9 Å². The summed E-state index contributed by atoms with van der Waals surface area (Å²) >= 11 is 0. The molecule has 1 aromatic rings. The summed E-state index contributed by atoms with van der Waals surface area (Å²) in [6.45, 7) is 3.25. The number of carbonyl (C=O) groups is 1. The fourth-order valence-corrected chi connectivity index (χ4v) is 3.07. The zero-order chi connectivity index (χ0) is 14.7. The van der Waals surface area contributed by atoms with Gasteiger partial charge in [0.15, 0.2) is 0 Å². The molecule has 1 saturated carbocycles. The zero-order valence-electron chi connectivity index (χ0n) is 12.4. The van der Waals surface area contributed by atoms with Crippen LogP contribution in [0.15, 0.2) is 30.3 Å². The van der Waals surface area contributed by atoms with E-state index in [1.165, 1.54) is 5.56 Å². The van der Waals surface area contributed by atoms with Crippen molar-refractivity contribution in [3.05, 3.63) is 35.9 Å². The van der Waals surface area contributed by atoms with Crippen molar-refractivity contribution < 1.29 is 9.90 Å². The molecule has 4 nitrogen and oxygen atoms in total. The largest absolute Gasteiger partial charge is 0.396 e. The Hall–Kier alpha value is -1.39. The van der Waals surface area contributed by atoms with E-state index in [1.807, 2.05) is 23.1 Å². The molecule has 1 aliphatic carbocycles. The lowest BCUT2D eigenvalue weighted by atomic mass is 10.1. The molecule has 1 N–H and O–H groups in total. The Bertz CT molecular complexity index is 473. The fraction of sp³-hybridized carbons (Fsp3) is 0.588. The molecule has 0 spiro atoms. The normalized spacial score (nSPS) is 22.4. The lowest BCUT2D eigenvalue weighted by molar-refractivity contribution is -0.133. The molecule has 2 fully saturated rings. The van der Waals surface area contributed by atoms with Gasteiger partial charge in [-0.05, 0) is 37.3 Å². The molecule has 1 atom stereocenters. The topological polar surface area (TPSA) is 43.8 Å². The summed E-state index contributed by atoms with van der Waals surface area (Å²) in [6.07, 6.45) is 3.28. The molecule has 1 aromatic carbocycles. The van der Waals surface area contributed by atoms with E-state index < -0.39 is 0 Å². The maximum Gasteiger partial charge on any atom is 0.237 e. The second-order valence-electron chi connectivity index (χ2n) is 6.31. The van der Waals surface area contributed by atoms with Gasteiger partial charge >= 0.3 is 0 Å². The van der Waals surface area contributed by atoms with Crippen LogP contribution in [0.2, 0.25) is 0 Å². The standard InChI is InChI=1S/C17H24N2O2/c20-13-15-8-9-18(10-15)12-17(21)19(16-6-7-16)11-14-4-2-1-3-5-14/h1-5,15-16,20H,6-13H2. The predicted molar refractivity (Wildman–Crippen MR) is 81.6 cm³/mol. The number of likely N-dealkylation sites (tertiary alicyclic amines) is 1. The SMILES string of the molecule is O=C(CN1CCC(CO)C1)N(Cc1ccccc1)C1CC1. The molecule has 4 heteroatoms. The van der Waals surface area contributed by atoms with Crippen LogP contribution in [-0.2, 0) is 11.3 Å². The van der Waals surface area contributed by atoms with Crippen molar-refractivity contribution in [1.29, 1.82) is 0 Å². The third-order valence-corrected chi connectivity index (χ3v) is 4.49. The van der Waals surface area contributed by atoms with E-state index in [1.54, 1.807) is 0 Å². The van der Waals surface area contributed by atoms with E-state index in [2.05, 4.69) is 17.0 Å². The Balaban J connectivity index is 1.58. The van der Waals surface area contributed by atoms with Gasteiger partial charge in [0.2, 0.25) is 5.91 Å². The average Bonchev–Trinajstić information content (AvgIpc) is 3.25. The molecule has 3 rings (SSSR count). The van der Waals surface area contributed by atoms with Gasteiger partial charge < -0.3 is 10.0 Å². The fourth-order valence-electron chi connectivity index (χ4n) is 3.07. The molecule has 1 unspecified atom stereocenters. The lowest BCUT2D eigenvalue weighted by Crippen LogP contribution is -2.40. The molecular weight excluding hydrogens is 264 g/mol. The summed E-state index contributed by atoms with van der Waals surface area (Å²) in [5, 5.41) is 9.20. The number of aliphatic hydroxyl groups is 1. The van der Waals surface area contributed by atoms with Gasteiger partial charge in [-0.3, -0.25) is 9.69 Å². The number of carbonyl (C=O) groups excluding carboxylic acids is 1. The Morgan fingerprint density at radius 3 is 2.62 bits per heavy atom. The molecule has 0 radical (unpaired) electrons. The lowest BCUT2D eigenvalue weighted by Gasteiger charge is -2.25. The minimum absolute atomic E-state index is 0.236. The van der Waals surface area contributed by atoms with E-state index >= 15 is 0 Å². The summed E-state index contributed by atoms with van der Waals surface area (Å²) in [7, 11) is 0. The Labute approximate surface area is 126 Å². The Morgan fingerprint density at radius 2 is 2.00 bits per heavy atom. The van der Waals surface area contributed by atoms with Crippen molar-refractivity contribution in [2.24, 2.45) is 5.92 Å². The second kappa shape index (κ2) is 6.58. The smallest absolute Gasteiger partial charge is 0.237 e. The first-order chi connectivity index (χ1) is 10.3. The van der Waals surface area contributed by atoms with Gasteiger partial charge in [0.1, 0.15) is 0 Å². The molecule has 1 saturated heterocycles. The van der Waals surface area contributed by atoms with Gasteiger partial charge in [0.05, 0.1) is 6.54 Å². The first-order valence-electron chi connectivity index (χ1n) is 7.93.